The molecule has 1 saturated heterocycles. The smallest absolute Gasteiger partial charge is 0.253 e. The van der Waals surface area contributed by atoms with Crippen molar-refractivity contribution in [1.82, 2.24) is 4.90 Å². The lowest BCUT2D eigenvalue weighted by Gasteiger charge is -2.32. The summed E-state index contributed by atoms with van der Waals surface area (Å²) in [4.78, 5) is 2.15. The third-order valence-electron chi connectivity index (χ3n) is 2.60. The van der Waals surface area contributed by atoms with Gasteiger partial charge in [0.05, 0.1) is 6.04 Å². The topological polar surface area (TPSA) is 29.3 Å². The molecule has 1 aliphatic heterocycles. The molecule has 2 N–H and O–H groups in total. The normalized spacial score (nSPS) is 24.8. The zero-order chi connectivity index (χ0) is 9.14. The van der Waals surface area contributed by atoms with E-state index in [0.717, 1.165) is 25.9 Å². The first-order valence-corrected chi connectivity index (χ1v) is 4.33. The third kappa shape index (κ3) is 2.38. The SMILES string of the molecule is CN1CCC(C(N)C(F)F)CC1. The number of hydrogen-bond acceptors (Lipinski definition) is 2. The molecule has 1 heterocycles. The number of alkyl halides is 2. The summed E-state index contributed by atoms with van der Waals surface area (Å²) in [6, 6.07) is -0.918. The van der Waals surface area contributed by atoms with Crippen LogP contribution < -0.4 is 5.73 Å². The molecule has 1 unspecified atom stereocenters. The maximum Gasteiger partial charge on any atom is 0.253 e. The molecule has 0 aromatic heterocycles. The highest BCUT2D eigenvalue weighted by molar-refractivity contribution is 4.80. The van der Waals surface area contributed by atoms with Gasteiger partial charge in [-0.2, -0.15) is 0 Å². The van der Waals surface area contributed by atoms with Gasteiger partial charge in [-0.05, 0) is 38.9 Å². The molecular formula is C8H16F2N2. The van der Waals surface area contributed by atoms with E-state index in [-0.39, 0.29) is 5.92 Å². The molecule has 12 heavy (non-hydrogen) atoms. The number of halogens is 2. The first-order chi connectivity index (χ1) is 5.61. The molecule has 0 aromatic carbocycles. The Morgan fingerprint density at radius 2 is 1.83 bits per heavy atom. The van der Waals surface area contributed by atoms with Crippen molar-refractivity contribution in [3.05, 3.63) is 0 Å². The van der Waals surface area contributed by atoms with Crippen LogP contribution in [-0.4, -0.2) is 37.5 Å². The molecule has 0 aromatic rings. The van der Waals surface area contributed by atoms with Crippen molar-refractivity contribution in [2.45, 2.75) is 25.3 Å². The fourth-order valence-electron chi connectivity index (χ4n) is 1.62. The van der Waals surface area contributed by atoms with Crippen LogP contribution in [0.4, 0.5) is 8.78 Å². The number of rotatable bonds is 2. The minimum atomic E-state index is -2.36. The Kier molecular flexibility index (Phi) is 3.40. The standard InChI is InChI=1S/C8H16F2N2/c1-12-4-2-6(3-5-12)7(11)8(9)10/h6-8H,2-5,11H2,1H3. The van der Waals surface area contributed by atoms with E-state index in [4.69, 9.17) is 5.73 Å². The summed E-state index contributed by atoms with van der Waals surface area (Å²) in [5.41, 5.74) is 5.37. The summed E-state index contributed by atoms with van der Waals surface area (Å²) >= 11 is 0. The van der Waals surface area contributed by atoms with Gasteiger partial charge in [0, 0.05) is 0 Å². The summed E-state index contributed by atoms with van der Waals surface area (Å²) in [6.45, 7) is 1.79. The minimum Gasteiger partial charge on any atom is -0.323 e. The van der Waals surface area contributed by atoms with E-state index >= 15 is 0 Å². The molecule has 1 atom stereocenters. The molecule has 0 bridgehead atoms. The van der Waals surface area contributed by atoms with E-state index in [0.29, 0.717) is 0 Å². The van der Waals surface area contributed by atoms with Crippen molar-refractivity contribution < 1.29 is 8.78 Å². The van der Waals surface area contributed by atoms with Gasteiger partial charge in [-0.1, -0.05) is 0 Å². The summed E-state index contributed by atoms with van der Waals surface area (Å²) in [6.07, 6.45) is -0.747. The summed E-state index contributed by atoms with van der Waals surface area (Å²) in [5.74, 6) is 0.0150. The van der Waals surface area contributed by atoms with Crippen molar-refractivity contribution in [3.8, 4) is 0 Å². The highest BCUT2D eigenvalue weighted by Crippen LogP contribution is 2.21. The molecule has 1 rings (SSSR count). The number of hydrogen-bond donors (Lipinski definition) is 1. The Balaban J connectivity index is 2.34. The molecule has 0 saturated carbocycles. The van der Waals surface area contributed by atoms with Crippen LogP contribution in [0.15, 0.2) is 0 Å². The molecule has 2 nitrogen and oxygen atoms in total. The van der Waals surface area contributed by atoms with Crippen LogP contribution >= 0.6 is 0 Å². The van der Waals surface area contributed by atoms with Crippen LogP contribution in [0.2, 0.25) is 0 Å². The fraction of sp³-hybridized carbons (Fsp3) is 1.00. The monoisotopic (exact) mass is 178 g/mol. The highest BCUT2D eigenvalue weighted by atomic mass is 19.3. The Bertz CT molecular complexity index is 133. The van der Waals surface area contributed by atoms with E-state index in [2.05, 4.69) is 4.90 Å². The largest absolute Gasteiger partial charge is 0.323 e. The van der Waals surface area contributed by atoms with Gasteiger partial charge in [-0.3, -0.25) is 0 Å². The lowest BCUT2D eigenvalue weighted by Crippen LogP contribution is -2.43. The van der Waals surface area contributed by atoms with Gasteiger partial charge in [-0.15, -0.1) is 0 Å². The van der Waals surface area contributed by atoms with Gasteiger partial charge in [0.15, 0.2) is 0 Å². The van der Waals surface area contributed by atoms with Gasteiger partial charge in [0.1, 0.15) is 0 Å². The van der Waals surface area contributed by atoms with E-state index in [1.165, 1.54) is 0 Å². The van der Waals surface area contributed by atoms with Crippen LogP contribution in [0.1, 0.15) is 12.8 Å². The Hall–Kier alpha value is -0.220. The second kappa shape index (κ2) is 4.14. The summed E-state index contributed by atoms with van der Waals surface area (Å²) in [7, 11) is 2.00. The zero-order valence-corrected chi connectivity index (χ0v) is 7.34. The molecule has 0 spiro atoms. The zero-order valence-electron chi connectivity index (χ0n) is 7.34. The average molecular weight is 178 g/mol. The quantitative estimate of drug-likeness (QED) is 0.681. The molecule has 1 fully saturated rings. The molecule has 1 aliphatic rings. The fourth-order valence-corrected chi connectivity index (χ4v) is 1.62. The van der Waals surface area contributed by atoms with Crippen molar-refractivity contribution in [1.29, 1.82) is 0 Å². The number of nitrogens with zero attached hydrogens (tertiary/aromatic N) is 1. The van der Waals surface area contributed by atoms with Gasteiger partial charge < -0.3 is 10.6 Å². The predicted molar refractivity (Wildman–Crippen MR) is 44.2 cm³/mol. The van der Waals surface area contributed by atoms with Crippen molar-refractivity contribution in [2.24, 2.45) is 11.7 Å². The van der Waals surface area contributed by atoms with Crippen LogP contribution in [0.3, 0.4) is 0 Å². The van der Waals surface area contributed by atoms with E-state index in [1.54, 1.807) is 0 Å². The minimum absolute atomic E-state index is 0.0150. The lowest BCUT2D eigenvalue weighted by molar-refractivity contribution is 0.0670. The predicted octanol–water partition coefficient (Wildman–Crippen LogP) is 0.921. The maximum atomic E-state index is 12.2. The second-order valence-electron chi connectivity index (χ2n) is 3.55. The van der Waals surface area contributed by atoms with Crippen LogP contribution in [0.5, 0.6) is 0 Å². The van der Waals surface area contributed by atoms with Gasteiger partial charge >= 0.3 is 0 Å². The lowest BCUT2D eigenvalue weighted by atomic mass is 9.90. The summed E-state index contributed by atoms with van der Waals surface area (Å²) < 4.78 is 24.3. The molecule has 0 amide bonds. The van der Waals surface area contributed by atoms with Crippen LogP contribution in [0, 0.1) is 5.92 Å². The maximum absolute atomic E-state index is 12.2. The van der Waals surface area contributed by atoms with E-state index < -0.39 is 12.5 Å². The molecular weight excluding hydrogens is 162 g/mol. The molecule has 72 valence electrons. The van der Waals surface area contributed by atoms with Gasteiger partial charge in [0.25, 0.3) is 6.43 Å². The molecule has 0 aliphatic carbocycles. The van der Waals surface area contributed by atoms with Gasteiger partial charge in [-0.25, -0.2) is 8.78 Å². The molecule has 4 heteroatoms. The third-order valence-corrected chi connectivity index (χ3v) is 2.60. The Labute approximate surface area is 71.7 Å². The summed E-state index contributed by atoms with van der Waals surface area (Å²) in [5, 5.41) is 0. The van der Waals surface area contributed by atoms with Crippen molar-refractivity contribution in [2.75, 3.05) is 20.1 Å². The number of nitrogens with two attached hydrogens (primary N) is 1. The number of likely N-dealkylation sites (tertiary alicyclic amines) is 1. The number of piperidine rings is 1. The van der Waals surface area contributed by atoms with Crippen molar-refractivity contribution >= 4 is 0 Å². The van der Waals surface area contributed by atoms with Crippen LogP contribution in [-0.2, 0) is 0 Å². The first kappa shape index (κ1) is 9.86. The Morgan fingerprint density at radius 3 is 2.25 bits per heavy atom. The first-order valence-electron chi connectivity index (χ1n) is 4.33. The molecule has 0 radical (unpaired) electrons. The van der Waals surface area contributed by atoms with Crippen molar-refractivity contribution in [3.63, 3.8) is 0 Å². The van der Waals surface area contributed by atoms with E-state index in [9.17, 15) is 8.78 Å². The van der Waals surface area contributed by atoms with Gasteiger partial charge in [0.2, 0.25) is 0 Å². The average Bonchev–Trinajstić information content (AvgIpc) is 2.04. The Morgan fingerprint density at radius 1 is 1.33 bits per heavy atom. The highest BCUT2D eigenvalue weighted by Gasteiger charge is 2.28. The van der Waals surface area contributed by atoms with Crippen LogP contribution in [0.25, 0.3) is 0 Å². The second-order valence-corrected chi connectivity index (χ2v) is 3.55. The van der Waals surface area contributed by atoms with E-state index in [1.807, 2.05) is 7.05 Å².